The monoisotopic (exact) mass is 281 g/mol. The molecule has 0 amide bonds. The highest BCUT2D eigenvalue weighted by Gasteiger charge is 2.21. The third-order valence-corrected chi connectivity index (χ3v) is 3.93. The Morgan fingerprint density at radius 3 is 2.47 bits per heavy atom. The molecule has 2 nitrogen and oxygen atoms in total. The number of ketones is 1. The molecule has 0 radical (unpaired) electrons. The van der Waals surface area contributed by atoms with E-state index in [9.17, 15) is 4.79 Å². The van der Waals surface area contributed by atoms with Crippen molar-refractivity contribution in [2.45, 2.75) is 46.1 Å². The molecule has 1 aromatic rings. The number of Topliss-reactive ketones (excluding diaryl/α,β-unsaturated/α-hetero) is 1. The zero-order chi connectivity index (χ0) is 13.1. The van der Waals surface area contributed by atoms with E-state index in [4.69, 9.17) is 0 Å². The molecule has 0 aromatic heterocycles. The number of carbonyl (C=O) groups is 1. The van der Waals surface area contributed by atoms with Crippen molar-refractivity contribution in [3.8, 4) is 0 Å². The molecule has 106 valence electrons. The Bertz CT molecular complexity index is 438. The summed E-state index contributed by atoms with van der Waals surface area (Å²) in [6.45, 7) is 8.57. The van der Waals surface area contributed by atoms with Gasteiger partial charge in [0.25, 0.3) is 0 Å². The molecule has 1 fully saturated rings. The Hall–Kier alpha value is -0.860. The zero-order valence-electron chi connectivity index (χ0n) is 12.1. The van der Waals surface area contributed by atoms with E-state index in [1.54, 1.807) is 0 Å². The van der Waals surface area contributed by atoms with Crippen LogP contribution in [-0.2, 0) is 0 Å². The number of likely N-dealkylation sites (tertiary alicyclic amines) is 1. The number of halogens is 1. The van der Waals surface area contributed by atoms with Crippen molar-refractivity contribution in [1.29, 1.82) is 0 Å². The van der Waals surface area contributed by atoms with E-state index in [1.165, 1.54) is 18.4 Å². The van der Waals surface area contributed by atoms with E-state index in [2.05, 4.69) is 24.8 Å². The summed E-state index contributed by atoms with van der Waals surface area (Å²) >= 11 is 0. The zero-order valence-corrected chi connectivity index (χ0v) is 12.9. The Kier molecular flexibility index (Phi) is 6.02. The third kappa shape index (κ3) is 4.05. The largest absolute Gasteiger partial charge is 0.300 e. The van der Waals surface area contributed by atoms with Crippen LogP contribution in [0.3, 0.4) is 0 Å². The summed E-state index contributed by atoms with van der Waals surface area (Å²) in [7, 11) is 0. The second-order valence-electron chi connectivity index (χ2n) is 5.54. The second-order valence-corrected chi connectivity index (χ2v) is 5.54. The van der Waals surface area contributed by atoms with Crippen molar-refractivity contribution in [3.05, 3.63) is 34.9 Å². The standard InChI is InChI=1S/C16H23NO.ClH/c1-12-6-7-15(13(2)10-12)16(18)11-14(3)17-8-4-5-9-17;/h6-7,10,14H,4-5,8-9,11H2,1-3H3;1H. The summed E-state index contributed by atoms with van der Waals surface area (Å²) in [6.07, 6.45) is 3.20. The van der Waals surface area contributed by atoms with Gasteiger partial charge in [0.2, 0.25) is 0 Å². The lowest BCUT2D eigenvalue weighted by molar-refractivity contribution is 0.0940. The van der Waals surface area contributed by atoms with Gasteiger partial charge in [-0.1, -0.05) is 23.8 Å². The van der Waals surface area contributed by atoms with Crippen LogP contribution < -0.4 is 0 Å². The van der Waals surface area contributed by atoms with Crippen molar-refractivity contribution in [2.24, 2.45) is 0 Å². The summed E-state index contributed by atoms with van der Waals surface area (Å²) in [5, 5.41) is 0. The summed E-state index contributed by atoms with van der Waals surface area (Å²) < 4.78 is 0. The first-order valence-corrected chi connectivity index (χ1v) is 6.92. The minimum atomic E-state index is 0. The molecule has 1 heterocycles. The summed E-state index contributed by atoms with van der Waals surface area (Å²) in [4.78, 5) is 14.7. The fourth-order valence-electron chi connectivity index (χ4n) is 2.82. The Labute approximate surface area is 122 Å². The maximum absolute atomic E-state index is 12.3. The van der Waals surface area contributed by atoms with E-state index in [0.29, 0.717) is 12.5 Å². The van der Waals surface area contributed by atoms with E-state index < -0.39 is 0 Å². The predicted molar refractivity (Wildman–Crippen MR) is 82.4 cm³/mol. The summed E-state index contributed by atoms with van der Waals surface area (Å²) in [5.41, 5.74) is 3.22. The topological polar surface area (TPSA) is 20.3 Å². The average Bonchev–Trinajstić information content (AvgIpc) is 2.81. The summed E-state index contributed by atoms with van der Waals surface area (Å²) in [5.74, 6) is 0.284. The number of hydrogen-bond donors (Lipinski definition) is 0. The first-order chi connectivity index (χ1) is 8.58. The van der Waals surface area contributed by atoms with E-state index in [-0.39, 0.29) is 18.2 Å². The van der Waals surface area contributed by atoms with Gasteiger partial charge in [-0.25, -0.2) is 0 Å². The van der Waals surface area contributed by atoms with Crippen LogP contribution in [-0.4, -0.2) is 29.8 Å². The third-order valence-electron chi connectivity index (χ3n) is 3.93. The Morgan fingerprint density at radius 2 is 1.89 bits per heavy atom. The van der Waals surface area contributed by atoms with Crippen molar-refractivity contribution in [3.63, 3.8) is 0 Å². The molecule has 1 aliphatic heterocycles. The Balaban J connectivity index is 0.00000180. The van der Waals surface area contributed by atoms with Crippen LogP contribution in [0, 0.1) is 13.8 Å². The molecule has 1 atom stereocenters. The molecule has 1 unspecified atom stereocenters. The SMILES string of the molecule is Cc1ccc(C(=O)CC(C)N2CCCC2)c(C)c1.Cl. The molecule has 0 N–H and O–H groups in total. The first-order valence-electron chi connectivity index (χ1n) is 6.92. The van der Waals surface area contributed by atoms with Crippen LogP contribution in [0.2, 0.25) is 0 Å². The molecular weight excluding hydrogens is 258 g/mol. The smallest absolute Gasteiger partial charge is 0.164 e. The predicted octanol–water partition coefficient (Wildman–Crippen LogP) is 3.78. The Morgan fingerprint density at radius 1 is 1.26 bits per heavy atom. The minimum Gasteiger partial charge on any atom is -0.300 e. The molecule has 1 aromatic carbocycles. The molecule has 0 spiro atoms. The van der Waals surface area contributed by atoms with Gasteiger partial charge in [-0.15, -0.1) is 12.4 Å². The van der Waals surface area contributed by atoms with Crippen molar-refractivity contribution in [2.75, 3.05) is 13.1 Å². The fraction of sp³-hybridized carbons (Fsp3) is 0.562. The van der Waals surface area contributed by atoms with Crippen LogP contribution in [0.1, 0.15) is 47.7 Å². The van der Waals surface area contributed by atoms with Crippen LogP contribution in [0.4, 0.5) is 0 Å². The van der Waals surface area contributed by atoms with E-state index in [1.807, 2.05) is 19.1 Å². The molecule has 0 aliphatic carbocycles. The van der Waals surface area contributed by atoms with Crippen molar-refractivity contribution >= 4 is 18.2 Å². The van der Waals surface area contributed by atoms with E-state index in [0.717, 1.165) is 24.2 Å². The molecule has 1 saturated heterocycles. The molecule has 2 rings (SSSR count). The van der Waals surface area contributed by atoms with Crippen LogP contribution in [0.5, 0.6) is 0 Å². The molecule has 1 aliphatic rings. The highest BCUT2D eigenvalue weighted by Crippen LogP contribution is 2.18. The quantitative estimate of drug-likeness (QED) is 0.783. The molecule has 3 heteroatoms. The van der Waals surface area contributed by atoms with Gasteiger partial charge in [-0.3, -0.25) is 4.79 Å². The number of benzene rings is 1. The highest BCUT2D eigenvalue weighted by molar-refractivity contribution is 5.97. The van der Waals surface area contributed by atoms with Crippen molar-refractivity contribution < 1.29 is 4.79 Å². The second kappa shape index (κ2) is 7.06. The number of aryl methyl sites for hydroxylation is 2. The lowest BCUT2D eigenvalue weighted by Gasteiger charge is -2.23. The van der Waals surface area contributed by atoms with Gasteiger partial charge in [0.15, 0.2) is 5.78 Å². The fourth-order valence-corrected chi connectivity index (χ4v) is 2.82. The maximum atomic E-state index is 12.3. The van der Waals surface area contributed by atoms with Gasteiger partial charge in [-0.05, 0) is 52.3 Å². The van der Waals surface area contributed by atoms with Gasteiger partial charge in [-0.2, -0.15) is 0 Å². The van der Waals surface area contributed by atoms with Crippen LogP contribution >= 0.6 is 12.4 Å². The molecule has 0 saturated carbocycles. The number of nitrogens with zero attached hydrogens (tertiary/aromatic N) is 1. The van der Waals surface area contributed by atoms with Crippen LogP contribution in [0.25, 0.3) is 0 Å². The molecule has 0 bridgehead atoms. The average molecular weight is 282 g/mol. The van der Waals surface area contributed by atoms with Crippen LogP contribution in [0.15, 0.2) is 18.2 Å². The highest BCUT2D eigenvalue weighted by atomic mass is 35.5. The minimum absolute atomic E-state index is 0. The van der Waals surface area contributed by atoms with Gasteiger partial charge in [0.1, 0.15) is 0 Å². The number of hydrogen-bond acceptors (Lipinski definition) is 2. The van der Waals surface area contributed by atoms with Gasteiger partial charge in [0.05, 0.1) is 0 Å². The lowest BCUT2D eigenvalue weighted by Crippen LogP contribution is -2.32. The van der Waals surface area contributed by atoms with E-state index >= 15 is 0 Å². The van der Waals surface area contributed by atoms with Crippen molar-refractivity contribution in [1.82, 2.24) is 4.90 Å². The van der Waals surface area contributed by atoms with Gasteiger partial charge in [0, 0.05) is 18.0 Å². The molecule has 19 heavy (non-hydrogen) atoms. The number of rotatable bonds is 4. The molecular formula is C16H24ClNO. The van der Waals surface area contributed by atoms with Gasteiger partial charge < -0.3 is 4.90 Å². The maximum Gasteiger partial charge on any atom is 0.164 e. The summed E-state index contributed by atoms with van der Waals surface area (Å²) in [6, 6.07) is 6.47. The van der Waals surface area contributed by atoms with Gasteiger partial charge >= 0.3 is 0 Å². The lowest BCUT2D eigenvalue weighted by atomic mass is 9.98. The normalized spacial score (nSPS) is 17.0. The first kappa shape index (κ1) is 16.2. The number of carbonyl (C=O) groups excluding carboxylic acids is 1.